The molecule has 3 heteroatoms. The number of hydrogen-bond acceptors (Lipinski definition) is 2. The van der Waals surface area contributed by atoms with Crippen LogP contribution in [0.2, 0.25) is 0 Å². The third-order valence-corrected chi connectivity index (χ3v) is 1.33. The molecule has 0 atom stereocenters. The zero-order valence-electron chi connectivity index (χ0n) is 7.63. The van der Waals surface area contributed by atoms with E-state index in [1.54, 1.807) is 12.5 Å². The minimum Gasteiger partial charge on any atom is -0.343 e. The lowest BCUT2D eigenvalue weighted by atomic mass is 10.3. The minimum absolute atomic E-state index is 0.749. The van der Waals surface area contributed by atoms with Crippen molar-refractivity contribution in [1.82, 2.24) is 9.97 Å². The number of hydrogen-bond donors (Lipinski definition) is 1. The Labute approximate surface area is 72.3 Å². The molecule has 0 amide bonds. The fourth-order valence-corrected chi connectivity index (χ4v) is 0.917. The van der Waals surface area contributed by atoms with E-state index < -0.39 is 0 Å². The van der Waals surface area contributed by atoms with Crippen molar-refractivity contribution in [3.63, 3.8) is 0 Å². The average molecular weight is 163 g/mol. The molecule has 64 valence electrons. The fourth-order valence-electron chi connectivity index (χ4n) is 0.917. The second-order valence-corrected chi connectivity index (χ2v) is 2.75. The van der Waals surface area contributed by atoms with Gasteiger partial charge in [-0.3, -0.25) is 0 Å². The molecule has 0 saturated heterocycles. The zero-order valence-corrected chi connectivity index (χ0v) is 7.63. The van der Waals surface area contributed by atoms with Gasteiger partial charge in [0, 0.05) is 6.21 Å². The van der Waals surface area contributed by atoms with E-state index in [1.807, 2.05) is 26.8 Å². The Kier molecular flexibility index (Phi) is 2.80. The summed E-state index contributed by atoms with van der Waals surface area (Å²) in [5.74, 6) is 0.749. The van der Waals surface area contributed by atoms with Crippen LogP contribution in [0.3, 0.4) is 0 Å². The van der Waals surface area contributed by atoms with Crippen molar-refractivity contribution in [3.8, 4) is 0 Å². The molecule has 0 saturated carbocycles. The van der Waals surface area contributed by atoms with E-state index in [0.717, 1.165) is 11.5 Å². The lowest BCUT2D eigenvalue weighted by Crippen LogP contribution is -1.73. The molecule has 12 heavy (non-hydrogen) atoms. The van der Waals surface area contributed by atoms with Gasteiger partial charge in [0.05, 0.1) is 12.0 Å². The fraction of sp³-hybridized carbons (Fsp3) is 0.333. The minimum atomic E-state index is 0.749. The van der Waals surface area contributed by atoms with Crippen molar-refractivity contribution in [2.45, 2.75) is 20.8 Å². The normalized spacial score (nSPS) is 10.6. The van der Waals surface area contributed by atoms with E-state index in [1.165, 1.54) is 5.57 Å². The maximum absolute atomic E-state index is 4.11. The molecule has 0 spiro atoms. The lowest BCUT2D eigenvalue weighted by Gasteiger charge is -1.90. The van der Waals surface area contributed by atoms with Crippen LogP contribution in [0.5, 0.6) is 0 Å². The van der Waals surface area contributed by atoms with Gasteiger partial charge in [0.15, 0.2) is 5.82 Å². The van der Waals surface area contributed by atoms with Crippen LogP contribution < -0.4 is 0 Å². The van der Waals surface area contributed by atoms with Gasteiger partial charge < -0.3 is 4.98 Å². The number of aromatic nitrogens is 2. The van der Waals surface area contributed by atoms with E-state index >= 15 is 0 Å². The van der Waals surface area contributed by atoms with E-state index in [4.69, 9.17) is 0 Å². The summed E-state index contributed by atoms with van der Waals surface area (Å²) in [5, 5.41) is 0. The molecular weight excluding hydrogens is 150 g/mol. The van der Waals surface area contributed by atoms with Crippen molar-refractivity contribution in [1.29, 1.82) is 0 Å². The second kappa shape index (κ2) is 3.85. The molecule has 0 radical (unpaired) electrons. The number of allylic oxidation sites excluding steroid dienone is 1. The highest BCUT2D eigenvalue weighted by Crippen LogP contribution is 2.15. The summed E-state index contributed by atoms with van der Waals surface area (Å²) in [6.45, 7) is 5.96. The largest absolute Gasteiger partial charge is 0.343 e. The predicted octanol–water partition coefficient (Wildman–Crippen LogP) is 2.56. The van der Waals surface area contributed by atoms with Crippen LogP contribution in [0.1, 0.15) is 26.5 Å². The van der Waals surface area contributed by atoms with Crippen LogP contribution in [-0.4, -0.2) is 16.2 Å². The maximum Gasteiger partial charge on any atom is 0.177 e. The van der Waals surface area contributed by atoms with Crippen molar-refractivity contribution in [2.75, 3.05) is 0 Å². The molecule has 1 heterocycles. The van der Waals surface area contributed by atoms with Gasteiger partial charge in [-0.1, -0.05) is 5.57 Å². The summed E-state index contributed by atoms with van der Waals surface area (Å²) in [6, 6.07) is 0. The Morgan fingerprint density at radius 1 is 1.58 bits per heavy atom. The third-order valence-electron chi connectivity index (χ3n) is 1.33. The van der Waals surface area contributed by atoms with Crippen LogP contribution >= 0.6 is 0 Å². The molecule has 1 aromatic rings. The number of imidazole rings is 1. The Morgan fingerprint density at radius 2 is 2.33 bits per heavy atom. The van der Waals surface area contributed by atoms with Gasteiger partial charge in [-0.2, -0.15) is 0 Å². The summed E-state index contributed by atoms with van der Waals surface area (Å²) < 4.78 is 0. The second-order valence-electron chi connectivity index (χ2n) is 2.75. The molecule has 1 rings (SSSR count). The quantitative estimate of drug-likeness (QED) is 0.669. The first kappa shape index (κ1) is 8.71. The Hall–Kier alpha value is -1.38. The number of aromatic amines is 1. The Balaban J connectivity index is 2.99. The highest BCUT2D eigenvalue weighted by molar-refractivity contribution is 5.65. The molecule has 0 fully saturated rings. The zero-order chi connectivity index (χ0) is 8.97. The van der Waals surface area contributed by atoms with Crippen LogP contribution in [0, 0.1) is 0 Å². The molecule has 0 bridgehead atoms. The predicted molar refractivity (Wildman–Crippen MR) is 51.7 cm³/mol. The summed E-state index contributed by atoms with van der Waals surface area (Å²) in [6.07, 6.45) is 5.41. The van der Waals surface area contributed by atoms with Crippen molar-refractivity contribution < 1.29 is 0 Å². The molecular formula is C9H13N3. The van der Waals surface area contributed by atoms with E-state index in [2.05, 4.69) is 15.0 Å². The smallest absolute Gasteiger partial charge is 0.177 e. The first-order chi connectivity index (χ1) is 5.74. The third kappa shape index (κ3) is 2.05. The molecule has 1 aromatic heterocycles. The summed E-state index contributed by atoms with van der Waals surface area (Å²) in [5.41, 5.74) is 2.19. The monoisotopic (exact) mass is 163 g/mol. The Bertz CT molecular complexity index is 303. The molecule has 0 aliphatic carbocycles. The highest BCUT2D eigenvalue weighted by Gasteiger charge is 1.98. The topological polar surface area (TPSA) is 41.0 Å². The van der Waals surface area contributed by atoms with Gasteiger partial charge in [-0.15, -0.1) is 0 Å². The van der Waals surface area contributed by atoms with Crippen molar-refractivity contribution in [3.05, 3.63) is 17.6 Å². The molecule has 0 aliphatic heterocycles. The van der Waals surface area contributed by atoms with E-state index in [9.17, 15) is 0 Å². The summed E-state index contributed by atoms with van der Waals surface area (Å²) in [4.78, 5) is 11.2. The number of nitrogens with zero attached hydrogens (tertiary/aromatic N) is 2. The SMILES string of the molecule is CC=Nc1nc[nH]c1C=C(C)C. The molecule has 0 unspecified atom stereocenters. The van der Waals surface area contributed by atoms with Gasteiger partial charge in [0.25, 0.3) is 0 Å². The number of nitrogens with one attached hydrogen (secondary N) is 1. The van der Waals surface area contributed by atoms with E-state index in [-0.39, 0.29) is 0 Å². The first-order valence-corrected chi connectivity index (χ1v) is 3.91. The standard InChI is InChI=1S/C9H13N3/c1-4-10-9-8(5-7(2)3)11-6-12-9/h4-6H,1-3H3,(H,11,12). The molecule has 0 aromatic carbocycles. The van der Waals surface area contributed by atoms with Gasteiger partial charge in [0.2, 0.25) is 0 Å². The van der Waals surface area contributed by atoms with Crippen LogP contribution in [0.25, 0.3) is 6.08 Å². The van der Waals surface area contributed by atoms with Crippen LogP contribution in [-0.2, 0) is 0 Å². The molecule has 3 nitrogen and oxygen atoms in total. The molecule has 1 N–H and O–H groups in total. The Morgan fingerprint density at radius 3 is 2.92 bits per heavy atom. The number of H-pyrrole nitrogens is 1. The molecule has 0 aliphatic rings. The van der Waals surface area contributed by atoms with Crippen molar-refractivity contribution in [2.24, 2.45) is 4.99 Å². The highest BCUT2D eigenvalue weighted by atomic mass is 15.0. The van der Waals surface area contributed by atoms with Gasteiger partial charge >= 0.3 is 0 Å². The first-order valence-electron chi connectivity index (χ1n) is 3.91. The van der Waals surface area contributed by atoms with E-state index in [0.29, 0.717) is 0 Å². The van der Waals surface area contributed by atoms with Crippen LogP contribution in [0.4, 0.5) is 5.82 Å². The van der Waals surface area contributed by atoms with Gasteiger partial charge in [-0.25, -0.2) is 9.98 Å². The number of aliphatic imine (C=N–C) groups is 1. The van der Waals surface area contributed by atoms with Crippen molar-refractivity contribution >= 4 is 18.1 Å². The van der Waals surface area contributed by atoms with Crippen LogP contribution in [0.15, 0.2) is 16.9 Å². The van der Waals surface area contributed by atoms with Gasteiger partial charge in [-0.05, 0) is 26.8 Å². The summed E-state index contributed by atoms with van der Waals surface area (Å²) >= 11 is 0. The van der Waals surface area contributed by atoms with Gasteiger partial charge in [0.1, 0.15) is 0 Å². The number of rotatable bonds is 2. The maximum atomic E-state index is 4.11. The average Bonchev–Trinajstić information content (AvgIpc) is 2.37. The lowest BCUT2D eigenvalue weighted by molar-refractivity contribution is 1.29. The summed E-state index contributed by atoms with van der Waals surface area (Å²) in [7, 11) is 0.